The average Bonchev–Trinajstić information content (AvgIpc) is 2.85. The van der Waals surface area contributed by atoms with Gasteiger partial charge in [0.1, 0.15) is 5.58 Å². The van der Waals surface area contributed by atoms with Crippen LogP contribution < -0.4 is 0 Å². The maximum absolute atomic E-state index is 12.0. The van der Waals surface area contributed by atoms with E-state index in [9.17, 15) is 4.79 Å². The van der Waals surface area contributed by atoms with Gasteiger partial charge in [-0.2, -0.15) is 0 Å². The summed E-state index contributed by atoms with van der Waals surface area (Å²) >= 11 is 0. The van der Waals surface area contributed by atoms with Crippen molar-refractivity contribution in [3.8, 4) is 0 Å². The summed E-state index contributed by atoms with van der Waals surface area (Å²) in [6.45, 7) is 2.20. The molecule has 1 aromatic carbocycles. The minimum atomic E-state index is 0.245. The molecule has 2 aromatic rings. The molecule has 1 heterocycles. The quantitative estimate of drug-likeness (QED) is 0.508. The number of ketones is 1. The van der Waals surface area contributed by atoms with Gasteiger partial charge >= 0.3 is 0 Å². The Morgan fingerprint density at radius 3 is 2.78 bits per heavy atom. The zero-order chi connectivity index (χ0) is 12.8. The first-order valence-electron chi connectivity index (χ1n) is 6.81. The van der Waals surface area contributed by atoms with E-state index >= 15 is 0 Å². The lowest BCUT2D eigenvalue weighted by atomic mass is 10.0. The third-order valence-corrected chi connectivity index (χ3v) is 3.28. The third kappa shape index (κ3) is 3.22. The summed E-state index contributed by atoms with van der Waals surface area (Å²) in [5.41, 5.74) is 1.65. The van der Waals surface area contributed by atoms with Gasteiger partial charge in [-0.05, 0) is 30.7 Å². The SMILES string of the molecule is CCCCCCCC(=O)c1ccc2occc2c1. The van der Waals surface area contributed by atoms with Crippen LogP contribution in [0.1, 0.15) is 55.8 Å². The molecule has 0 amide bonds. The number of carbonyl (C=O) groups is 1. The van der Waals surface area contributed by atoms with Gasteiger partial charge in [0.05, 0.1) is 6.26 Å². The molecule has 0 atom stereocenters. The molecule has 0 fully saturated rings. The van der Waals surface area contributed by atoms with Gasteiger partial charge in [0.25, 0.3) is 0 Å². The highest BCUT2D eigenvalue weighted by molar-refractivity contribution is 5.99. The van der Waals surface area contributed by atoms with Crippen LogP contribution in [-0.4, -0.2) is 5.78 Å². The van der Waals surface area contributed by atoms with E-state index in [1.54, 1.807) is 6.26 Å². The lowest BCUT2D eigenvalue weighted by molar-refractivity contribution is 0.0979. The minimum absolute atomic E-state index is 0.245. The topological polar surface area (TPSA) is 30.2 Å². The molecule has 0 saturated carbocycles. The first-order valence-corrected chi connectivity index (χ1v) is 6.81. The summed E-state index contributed by atoms with van der Waals surface area (Å²) in [6, 6.07) is 7.56. The van der Waals surface area contributed by atoms with Gasteiger partial charge in [0.15, 0.2) is 5.78 Å². The van der Waals surface area contributed by atoms with Gasteiger partial charge in [-0.15, -0.1) is 0 Å². The standard InChI is InChI=1S/C16H20O2/c1-2-3-4-5-6-7-15(17)13-8-9-16-14(12-13)10-11-18-16/h8-12H,2-7H2,1H3. The second-order valence-electron chi connectivity index (χ2n) is 4.76. The number of Topliss-reactive ketones (excluding diaryl/α,β-unsaturated/α-hetero) is 1. The number of hydrogen-bond acceptors (Lipinski definition) is 2. The molecule has 0 bridgehead atoms. The van der Waals surface area contributed by atoms with Crippen molar-refractivity contribution in [2.75, 3.05) is 0 Å². The molecule has 0 aliphatic carbocycles. The molecule has 96 valence electrons. The maximum Gasteiger partial charge on any atom is 0.162 e. The Morgan fingerprint density at radius 2 is 1.94 bits per heavy atom. The van der Waals surface area contributed by atoms with Crippen LogP contribution >= 0.6 is 0 Å². The molecule has 0 aliphatic heterocycles. The lowest BCUT2D eigenvalue weighted by Gasteiger charge is -2.01. The van der Waals surface area contributed by atoms with E-state index in [0.29, 0.717) is 6.42 Å². The van der Waals surface area contributed by atoms with Crippen molar-refractivity contribution in [2.45, 2.75) is 45.4 Å². The normalized spacial score (nSPS) is 10.9. The number of hydrogen-bond donors (Lipinski definition) is 0. The first-order chi connectivity index (χ1) is 8.81. The Bertz CT molecular complexity index is 511. The summed E-state index contributed by atoms with van der Waals surface area (Å²) < 4.78 is 5.27. The Labute approximate surface area is 108 Å². The summed E-state index contributed by atoms with van der Waals surface area (Å²) in [7, 11) is 0. The van der Waals surface area contributed by atoms with Crippen LogP contribution in [0.15, 0.2) is 34.9 Å². The monoisotopic (exact) mass is 244 g/mol. The van der Waals surface area contributed by atoms with Crippen molar-refractivity contribution in [1.29, 1.82) is 0 Å². The summed E-state index contributed by atoms with van der Waals surface area (Å²) in [5.74, 6) is 0.245. The van der Waals surface area contributed by atoms with Crippen molar-refractivity contribution < 1.29 is 9.21 Å². The zero-order valence-electron chi connectivity index (χ0n) is 10.9. The third-order valence-electron chi connectivity index (χ3n) is 3.28. The van der Waals surface area contributed by atoms with E-state index in [1.165, 1.54) is 19.3 Å². The highest BCUT2D eigenvalue weighted by Gasteiger charge is 2.07. The van der Waals surface area contributed by atoms with Crippen molar-refractivity contribution in [3.05, 3.63) is 36.1 Å². The van der Waals surface area contributed by atoms with Crippen molar-refractivity contribution >= 4 is 16.8 Å². The van der Waals surface area contributed by atoms with Crippen LogP contribution in [0.3, 0.4) is 0 Å². The van der Waals surface area contributed by atoms with Gasteiger partial charge in [-0.3, -0.25) is 4.79 Å². The smallest absolute Gasteiger partial charge is 0.162 e. The van der Waals surface area contributed by atoms with Crippen LogP contribution in [0.5, 0.6) is 0 Å². The predicted molar refractivity (Wildman–Crippen MR) is 73.9 cm³/mol. The van der Waals surface area contributed by atoms with E-state index in [1.807, 2.05) is 24.3 Å². The molecule has 18 heavy (non-hydrogen) atoms. The zero-order valence-corrected chi connectivity index (χ0v) is 10.9. The Kier molecular flexibility index (Phi) is 4.57. The van der Waals surface area contributed by atoms with Gasteiger partial charge < -0.3 is 4.42 Å². The Balaban J connectivity index is 1.88. The van der Waals surface area contributed by atoms with Crippen LogP contribution in [0, 0.1) is 0 Å². The number of furan rings is 1. The molecule has 0 N–H and O–H groups in total. The van der Waals surface area contributed by atoms with Crippen LogP contribution in [0.4, 0.5) is 0 Å². The van der Waals surface area contributed by atoms with Gasteiger partial charge in [0.2, 0.25) is 0 Å². The molecule has 0 aliphatic rings. The molecule has 0 saturated heterocycles. The largest absolute Gasteiger partial charge is 0.464 e. The second kappa shape index (κ2) is 6.39. The summed E-state index contributed by atoms with van der Waals surface area (Å²) in [5, 5.41) is 1.01. The van der Waals surface area contributed by atoms with E-state index in [-0.39, 0.29) is 5.78 Å². The predicted octanol–water partition coefficient (Wildman–Crippen LogP) is 4.98. The molecule has 2 rings (SSSR count). The van der Waals surface area contributed by atoms with E-state index in [4.69, 9.17) is 4.42 Å². The fraction of sp³-hybridized carbons (Fsp3) is 0.438. The van der Waals surface area contributed by atoms with Crippen LogP contribution in [0.2, 0.25) is 0 Å². The number of fused-ring (bicyclic) bond motifs is 1. The number of unbranched alkanes of at least 4 members (excludes halogenated alkanes) is 4. The summed E-state index contributed by atoms with van der Waals surface area (Å²) in [4.78, 5) is 12.0. The first kappa shape index (κ1) is 12.9. The molecular weight excluding hydrogens is 224 g/mol. The lowest BCUT2D eigenvalue weighted by Crippen LogP contribution is -1.98. The highest BCUT2D eigenvalue weighted by atomic mass is 16.3. The van der Waals surface area contributed by atoms with Gasteiger partial charge in [0, 0.05) is 17.4 Å². The van der Waals surface area contributed by atoms with Crippen LogP contribution in [0.25, 0.3) is 11.0 Å². The van der Waals surface area contributed by atoms with E-state index in [0.717, 1.165) is 29.4 Å². The number of carbonyl (C=O) groups excluding carboxylic acids is 1. The summed E-state index contributed by atoms with van der Waals surface area (Å²) in [6.07, 6.45) is 8.23. The van der Waals surface area contributed by atoms with Crippen molar-refractivity contribution in [3.63, 3.8) is 0 Å². The number of rotatable bonds is 7. The molecule has 0 spiro atoms. The average molecular weight is 244 g/mol. The fourth-order valence-electron chi connectivity index (χ4n) is 2.17. The fourth-order valence-corrected chi connectivity index (χ4v) is 2.17. The Morgan fingerprint density at radius 1 is 1.11 bits per heavy atom. The second-order valence-corrected chi connectivity index (χ2v) is 4.76. The van der Waals surface area contributed by atoms with Gasteiger partial charge in [-0.1, -0.05) is 32.6 Å². The van der Waals surface area contributed by atoms with Crippen molar-refractivity contribution in [2.24, 2.45) is 0 Å². The maximum atomic E-state index is 12.0. The molecular formula is C16H20O2. The highest BCUT2D eigenvalue weighted by Crippen LogP contribution is 2.18. The van der Waals surface area contributed by atoms with Gasteiger partial charge in [-0.25, -0.2) is 0 Å². The van der Waals surface area contributed by atoms with E-state index in [2.05, 4.69) is 6.92 Å². The van der Waals surface area contributed by atoms with E-state index < -0.39 is 0 Å². The Hall–Kier alpha value is -1.57. The van der Waals surface area contributed by atoms with Crippen LogP contribution in [-0.2, 0) is 0 Å². The molecule has 0 unspecified atom stereocenters. The minimum Gasteiger partial charge on any atom is -0.464 e. The molecule has 2 nitrogen and oxygen atoms in total. The molecule has 1 aromatic heterocycles. The molecule has 2 heteroatoms. The van der Waals surface area contributed by atoms with Crippen molar-refractivity contribution in [1.82, 2.24) is 0 Å². The number of benzene rings is 1. The molecule has 0 radical (unpaired) electrons.